The van der Waals surface area contributed by atoms with Crippen molar-refractivity contribution >= 4 is 28.2 Å². The molecule has 0 spiro atoms. The van der Waals surface area contributed by atoms with Crippen LogP contribution in [0.3, 0.4) is 0 Å². The minimum atomic E-state index is -1.67. The number of fused-ring (bicyclic) bond motifs is 1. The summed E-state index contributed by atoms with van der Waals surface area (Å²) in [6.45, 7) is 0.231. The fraction of sp³-hybridized carbons (Fsp3) is 0.192. The Hall–Kier alpha value is -3.46. The molecule has 4 aromatic rings. The number of benzene rings is 3. The van der Waals surface area contributed by atoms with E-state index < -0.39 is 23.8 Å². The van der Waals surface area contributed by atoms with Crippen molar-refractivity contribution in [3.05, 3.63) is 102 Å². The zero-order valence-corrected chi connectivity index (χ0v) is 19.2. The van der Waals surface area contributed by atoms with Gasteiger partial charge in [0.2, 0.25) is 11.3 Å². The predicted octanol–water partition coefficient (Wildman–Crippen LogP) is 4.46. The van der Waals surface area contributed by atoms with Crippen LogP contribution < -0.4 is 9.46 Å². The highest BCUT2D eigenvalue weighted by molar-refractivity contribution is 7.78. The minimum absolute atomic E-state index is 0.0322. The summed E-state index contributed by atoms with van der Waals surface area (Å²) >= 11 is -1.67. The fourth-order valence-electron chi connectivity index (χ4n) is 3.73. The van der Waals surface area contributed by atoms with Crippen LogP contribution in [0.1, 0.15) is 22.6 Å². The zero-order chi connectivity index (χ0) is 23.8. The number of hydrogen-bond donors (Lipinski definition) is 2. The van der Waals surface area contributed by atoms with Gasteiger partial charge in [0, 0.05) is 17.8 Å². The average molecular weight is 480 g/mol. The quantitative estimate of drug-likeness (QED) is 0.311. The van der Waals surface area contributed by atoms with Crippen LogP contribution in [0.4, 0.5) is 0 Å². The van der Waals surface area contributed by atoms with Crippen molar-refractivity contribution in [2.45, 2.75) is 12.3 Å². The number of hydrogen-bond acceptors (Lipinski definition) is 5. The number of nitrogens with one attached hydrogen (secondary N) is 1. The summed E-state index contributed by atoms with van der Waals surface area (Å²) in [5.74, 6) is -0.716. The summed E-state index contributed by atoms with van der Waals surface area (Å²) in [5, 5.41) is 9.65. The van der Waals surface area contributed by atoms with Crippen molar-refractivity contribution in [1.82, 2.24) is 4.72 Å². The van der Waals surface area contributed by atoms with Gasteiger partial charge >= 0.3 is 5.97 Å². The lowest BCUT2D eigenvalue weighted by Crippen LogP contribution is -2.24. The van der Waals surface area contributed by atoms with Crippen molar-refractivity contribution in [2.75, 3.05) is 19.8 Å². The maximum absolute atomic E-state index is 12.5. The van der Waals surface area contributed by atoms with E-state index in [4.69, 9.17) is 18.4 Å². The fourth-order valence-corrected chi connectivity index (χ4v) is 4.34. The van der Waals surface area contributed by atoms with Gasteiger partial charge in [0.05, 0.1) is 12.9 Å². The summed E-state index contributed by atoms with van der Waals surface area (Å²) < 4.78 is 31.9. The third kappa shape index (κ3) is 6.11. The molecule has 2 N–H and O–H groups in total. The highest BCUT2D eigenvalue weighted by Gasteiger charge is 2.16. The van der Waals surface area contributed by atoms with Crippen molar-refractivity contribution in [3.63, 3.8) is 0 Å². The van der Waals surface area contributed by atoms with Gasteiger partial charge in [0.1, 0.15) is 0 Å². The lowest BCUT2D eigenvalue weighted by molar-refractivity contribution is -0.139. The van der Waals surface area contributed by atoms with Crippen LogP contribution in [-0.2, 0) is 26.7 Å². The molecule has 0 aliphatic rings. The van der Waals surface area contributed by atoms with E-state index >= 15 is 0 Å². The Morgan fingerprint density at radius 2 is 1.65 bits per heavy atom. The molecule has 34 heavy (non-hydrogen) atoms. The number of para-hydroxylation sites is 1. The third-order valence-electron chi connectivity index (χ3n) is 5.35. The summed E-state index contributed by atoms with van der Waals surface area (Å²) in [4.78, 5) is 10.8. The Kier molecular flexibility index (Phi) is 8.08. The monoisotopic (exact) mass is 479 g/mol. The minimum Gasteiger partial charge on any atom is -0.479 e. The van der Waals surface area contributed by atoms with Crippen LogP contribution in [0.15, 0.2) is 89.5 Å². The molecule has 0 saturated carbocycles. The van der Waals surface area contributed by atoms with Gasteiger partial charge in [0.15, 0.2) is 17.9 Å². The van der Waals surface area contributed by atoms with Gasteiger partial charge in [-0.25, -0.2) is 13.7 Å². The van der Waals surface area contributed by atoms with Crippen LogP contribution in [0, 0.1) is 0 Å². The second-order valence-electron chi connectivity index (χ2n) is 7.61. The van der Waals surface area contributed by atoms with Crippen molar-refractivity contribution in [2.24, 2.45) is 0 Å². The van der Waals surface area contributed by atoms with Gasteiger partial charge in [-0.3, -0.25) is 4.18 Å². The highest BCUT2D eigenvalue weighted by Crippen LogP contribution is 2.30. The number of carboxylic acid groups (broad SMARTS) is 1. The topological polar surface area (TPSA) is 98.0 Å². The molecule has 1 unspecified atom stereocenters. The molecule has 0 saturated heterocycles. The molecule has 0 aliphatic heterocycles. The molecular formula is C26H25NO6S. The summed E-state index contributed by atoms with van der Waals surface area (Å²) in [7, 11) is 0. The van der Waals surface area contributed by atoms with Gasteiger partial charge in [-0.15, -0.1) is 0 Å². The van der Waals surface area contributed by atoms with E-state index in [-0.39, 0.29) is 12.5 Å². The molecule has 3 aromatic carbocycles. The largest absolute Gasteiger partial charge is 0.479 e. The Bertz CT molecular complexity index is 1200. The number of carbonyl (C=O) groups is 1. The van der Waals surface area contributed by atoms with Crippen LogP contribution >= 0.6 is 0 Å². The highest BCUT2D eigenvalue weighted by atomic mass is 32.2. The summed E-state index contributed by atoms with van der Waals surface area (Å²) in [5.41, 5.74) is 3.57. The van der Waals surface area contributed by atoms with Gasteiger partial charge in [0.25, 0.3) is 0 Å². The van der Waals surface area contributed by atoms with Crippen molar-refractivity contribution < 1.29 is 27.4 Å². The zero-order valence-electron chi connectivity index (χ0n) is 18.4. The first kappa shape index (κ1) is 23.7. The Labute approximate surface area is 200 Å². The number of aliphatic carboxylic acids is 1. The van der Waals surface area contributed by atoms with Crippen LogP contribution in [0.5, 0.6) is 5.75 Å². The molecule has 1 aromatic heterocycles. The van der Waals surface area contributed by atoms with E-state index in [1.165, 1.54) is 0 Å². The maximum atomic E-state index is 12.5. The first-order valence-corrected chi connectivity index (χ1v) is 11.9. The van der Waals surface area contributed by atoms with E-state index in [9.17, 15) is 9.00 Å². The Morgan fingerprint density at radius 1 is 0.971 bits per heavy atom. The van der Waals surface area contributed by atoms with Gasteiger partial charge < -0.3 is 14.3 Å². The normalized spacial score (nSPS) is 12.1. The Morgan fingerprint density at radius 3 is 2.29 bits per heavy atom. The molecule has 0 radical (unpaired) electrons. The van der Waals surface area contributed by atoms with Gasteiger partial charge in [-0.2, -0.15) is 0 Å². The van der Waals surface area contributed by atoms with E-state index in [0.29, 0.717) is 24.3 Å². The van der Waals surface area contributed by atoms with Crippen LogP contribution in [0.25, 0.3) is 11.0 Å². The maximum Gasteiger partial charge on any atom is 0.341 e. The van der Waals surface area contributed by atoms with E-state index in [0.717, 1.165) is 22.1 Å². The first-order chi connectivity index (χ1) is 16.6. The lowest BCUT2D eigenvalue weighted by Gasteiger charge is -2.17. The number of rotatable bonds is 12. The number of ether oxygens (including phenoxy) is 1. The molecule has 8 heteroatoms. The molecule has 0 amide bonds. The predicted molar refractivity (Wildman–Crippen MR) is 130 cm³/mol. The molecule has 4 rings (SSSR count). The van der Waals surface area contributed by atoms with E-state index in [2.05, 4.69) is 4.72 Å². The average Bonchev–Trinajstić information content (AvgIpc) is 3.28. The van der Waals surface area contributed by atoms with Crippen molar-refractivity contribution in [3.8, 4) is 5.75 Å². The Balaban J connectivity index is 1.33. The standard InChI is InChI=1S/C26H25NO6S/c28-25(29)18-31-24-13-7-12-22-21(16-32-26(22)24)14-15-27-34(30)33-17-23(19-8-3-1-4-9-19)20-10-5-2-6-11-20/h1-13,16,23,27H,14-15,17-18H2,(H,28,29). The molecule has 0 bridgehead atoms. The van der Waals surface area contributed by atoms with E-state index in [1.54, 1.807) is 18.4 Å². The van der Waals surface area contributed by atoms with E-state index in [1.807, 2.05) is 66.7 Å². The van der Waals surface area contributed by atoms with Gasteiger partial charge in [-0.05, 0) is 29.2 Å². The molecule has 1 atom stereocenters. The van der Waals surface area contributed by atoms with Crippen LogP contribution in [0.2, 0.25) is 0 Å². The second-order valence-corrected chi connectivity index (χ2v) is 8.61. The lowest BCUT2D eigenvalue weighted by atomic mass is 9.92. The SMILES string of the molecule is O=C(O)COc1cccc2c(CCNS(=O)OCC(c3ccccc3)c3ccccc3)coc12. The first-order valence-electron chi connectivity index (χ1n) is 10.8. The molecule has 1 heterocycles. The summed E-state index contributed by atoms with van der Waals surface area (Å²) in [6, 6.07) is 25.3. The molecule has 0 fully saturated rings. The number of furan rings is 1. The summed E-state index contributed by atoms with van der Waals surface area (Å²) in [6.07, 6.45) is 2.15. The van der Waals surface area contributed by atoms with Crippen molar-refractivity contribution in [1.29, 1.82) is 0 Å². The molecule has 0 aliphatic carbocycles. The van der Waals surface area contributed by atoms with Crippen LogP contribution in [-0.4, -0.2) is 35.0 Å². The van der Waals surface area contributed by atoms with Gasteiger partial charge in [-0.1, -0.05) is 72.8 Å². The molecule has 7 nitrogen and oxygen atoms in total. The second kappa shape index (κ2) is 11.6. The molecular weight excluding hydrogens is 454 g/mol. The smallest absolute Gasteiger partial charge is 0.341 e. The number of carboxylic acids is 1. The molecule has 176 valence electrons. The third-order valence-corrected chi connectivity index (χ3v) is 6.14.